The number of carboxylic acid groups (broad SMARTS) is 1. The van der Waals surface area contributed by atoms with E-state index in [-0.39, 0.29) is 0 Å². The van der Waals surface area contributed by atoms with E-state index in [0.717, 1.165) is 62.4 Å². The lowest BCUT2D eigenvalue weighted by Crippen LogP contribution is -2.24. The molecule has 0 radical (unpaired) electrons. The number of nitrogens with one attached hydrogen (secondary N) is 2. The van der Waals surface area contributed by atoms with Gasteiger partial charge in [-0.1, -0.05) is 19.6 Å². The zero-order chi connectivity index (χ0) is 31.6. The third-order valence-corrected chi connectivity index (χ3v) is 9.06. The number of hydrogen-bond acceptors (Lipinski definition) is 6. The van der Waals surface area contributed by atoms with Crippen LogP contribution >= 0.6 is 0 Å². The number of aliphatic hydroxyl groups is 1. The molecule has 0 amide bonds. The Morgan fingerprint density at radius 3 is 2.25 bits per heavy atom. The molecule has 1 aliphatic carbocycles. The van der Waals surface area contributed by atoms with Crippen molar-refractivity contribution < 1.29 is 24.5 Å². The number of H-pyrrole nitrogens is 2. The van der Waals surface area contributed by atoms with E-state index in [4.69, 9.17) is 14.7 Å². The number of carbonyl (C=O) groups is 2. The third kappa shape index (κ3) is 4.26. The van der Waals surface area contributed by atoms with Crippen LogP contribution in [0.2, 0.25) is 0 Å². The summed E-state index contributed by atoms with van der Waals surface area (Å²) in [6.07, 6.45) is 3.92. The van der Waals surface area contributed by atoms with Crippen LogP contribution in [0.3, 0.4) is 0 Å². The molecule has 224 valence electrons. The van der Waals surface area contributed by atoms with E-state index >= 15 is 0 Å². The topological polar surface area (TPSA) is 141 Å². The van der Waals surface area contributed by atoms with Crippen LogP contribution in [-0.2, 0) is 20.7 Å². The van der Waals surface area contributed by atoms with Gasteiger partial charge >= 0.3 is 11.9 Å². The van der Waals surface area contributed by atoms with Gasteiger partial charge in [0.25, 0.3) is 0 Å². The summed E-state index contributed by atoms with van der Waals surface area (Å²) < 4.78 is 5.15. The maximum absolute atomic E-state index is 13.2. The number of aliphatic carboxylic acids is 1. The highest BCUT2D eigenvalue weighted by Gasteiger charge is 2.47. The molecular weight excluding hydrogens is 556 g/mol. The molecular formula is C35H34N4O5. The highest BCUT2D eigenvalue weighted by Crippen LogP contribution is 2.50. The van der Waals surface area contributed by atoms with Gasteiger partial charge in [-0.3, -0.25) is 4.79 Å². The van der Waals surface area contributed by atoms with Gasteiger partial charge in [-0.25, -0.2) is 14.8 Å². The molecule has 3 aromatic heterocycles. The lowest BCUT2D eigenvalue weighted by atomic mass is 9.94. The number of ether oxygens (including phenoxy) is 1. The molecule has 5 heterocycles. The van der Waals surface area contributed by atoms with Gasteiger partial charge < -0.3 is 24.9 Å². The Hall–Kier alpha value is -5.02. The SMILES string of the molecule is C=Cc1c(C)c2cc3nc(c4c5nc(cc6[nH]c(cc1[nH]2)c(C)c6CC)C(C)=C5C(O)[C@@H]4C(=O)OC)C(/C=C\C(=O)O)=C3C. The normalized spacial score (nSPS) is 17.6. The molecule has 9 heteroatoms. The highest BCUT2D eigenvalue weighted by molar-refractivity contribution is 6.06. The Bertz CT molecular complexity index is 2070. The van der Waals surface area contributed by atoms with Crippen LogP contribution in [-0.4, -0.2) is 55.3 Å². The predicted octanol–water partition coefficient (Wildman–Crippen LogP) is 6.27. The zero-order valence-corrected chi connectivity index (χ0v) is 25.5. The molecule has 2 atom stereocenters. The monoisotopic (exact) mass is 590 g/mol. The van der Waals surface area contributed by atoms with Gasteiger partial charge in [-0.2, -0.15) is 0 Å². The lowest BCUT2D eigenvalue weighted by molar-refractivity contribution is -0.144. The number of rotatable bonds is 5. The minimum Gasteiger partial charge on any atom is -0.478 e. The van der Waals surface area contributed by atoms with Crippen molar-refractivity contribution in [1.29, 1.82) is 0 Å². The summed E-state index contributed by atoms with van der Waals surface area (Å²) in [5.74, 6) is -2.84. The fourth-order valence-electron chi connectivity index (χ4n) is 6.67. The number of aromatic amines is 2. The molecule has 0 saturated carbocycles. The van der Waals surface area contributed by atoms with E-state index in [0.29, 0.717) is 45.1 Å². The zero-order valence-electron chi connectivity index (χ0n) is 25.5. The van der Waals surface area contributed by atoms with Crippen LogP contribution in [0, 0.1) is 13.8 Å². The number of allylic oxidation sites excluding steroid dienone is 4. The van der Waals surface area contributed by atoms with Crippen LogP contribution in [0.1, 0.15) is 77.3 Å². The molecule has 2 aliphatic heterocycles. The van der Waals surface area contributed by atoms with E-state index in [1.54, 1.807) is 0 Å². The van der Waals surface area contributed by atoms with Crippen molar-refractivity contribution in [1.82, 2.24) is 19.9 Å². The number of carboxylic acids is 1. The Labute approximate surface area is 254 Å². The molecule has 0 saturated heterocycles. The molecule has 1 unspecified atom stereocenters. The van der Waals surface area contributed by atoms with Gasteiger partial charge in [0.2, 0.25) is 0 Å². The first-order chi connectivity index (χ1) is 21.0. The first-order valence-electron chi connectivity index (χ1n) is 14.5. The summed E-state index contributed by atoms with van der Waals surface area (Å²) in [7, 11) is 1.28. The van der Waals surface area contributed by atoms with Crippen LogP contribution in [0.15, 0.2) is 36.9 Å². The fraction of sp³-hybridized carbons (Fsp3) is 0.257. The average Bonchev–Trinajstić information content (AvgIpc) is 3.72. The number of aliphatic hydroxyl groups excluding tert-OH is 1. The van der Waals surface area contributed by atoms with E-state index < -0.39 is 24.0 Å². The number of fused-ring (bicyclic) bond motifs is 8. The average molecular weight is 591 g/mol. The number of aryl methyl sites for hydroxylation is 3. The molecule has 44 heavy (non-hydrogen) atoms. The van der Waals surface area contributed by atoms with E-state index in [2.05, 4.69) is 36.5 Å². The number of esters is 1. The Balaban J connectivity index is 1.87. The maximum atomic E-state index is 13.2. The summed E-state index contributed by atoms with van der Waals surface area (Å²) >= 11 is 0. The minimum absolute atomic E-state index is 0.378. The van der Waals surface area contributed by atoms with E-state index in [9.17, 15) is 19.8 Å². The number of hydrogen-bond donors (Lipinski definition) is 4. The molecule has 6 rings (SSSR count). The van der Waals surface area contributed by atoms with Crippen molar-refractivity contribution in [2.45, 2.75) is 53.1 Å². The second-order valence-corrected chi connectivity index (χ2v) is 11.3. The Morgan fingerprint density at radius 2 is 1.59 bits per heavy atom. The molecule has 9 nitrogen and oxygen atoms in total. The number of methoxy groups -OCH3 is 1. The molecule has 0 fully saturated rings. The van der Waals surface area contributed by atoms with Crippen molar-refractivity contribution in [3.05, 3.63) is 87.5 Å². The van der Waals surface area contributed by atoms with Gasteiger partial charge in [0.05, 0.1) is 36.0 Å². The van der Waals surface area contributed by atoms with Gasteiger partial charge in [0.1, 0.15) is 5.92 Å². The van der Waals surface area contributed by atoms with Crippen molar-refractivity contribution in [3.63, 3.8) is 0 Å². The van der Waals surface area contributed by atoms with Crippen LogP contribution in [0.4, 0.5) is 0 Å². The lowest BCUT2D eigenvalue weighted by Gasteiger charge is -2.15. The summed E-state index contributed by atoms with van der Waals surface area (Å²) in [5, 5.41) is 21.1. The Morgan fingerprint density at radius 1 is 0.955 bits per heavy atom. The van der Waals surface area contributed by atoms with Crippen molar-refractivity contribution >= 4 is 62.4 Å². The number of nitrogens with zero attached hydrogens (tertiary/aromatic N) is 2. The van der Waals surface area contributed by atoms with Gasteiger partial charge in [0.15, 0.2) is 0 Å². The summed E-state index contributed by atoms with van der Waals surface area (Å²) in [6, 6.07) is 5.97. The largest absolute Gasteiger partial charge is 0.478 e. The van der Waals surface area contributed by atoms with Gasteiger partial charge in [-0.15, -0.1) is 0 Å². The van der Waals surface area contributed by atoms with Gasteiger partial charge in [-0.05, 0) is 86.2 Å². The number of aromatic nitrogens is 4. The van der Waals surface area contributed by atoms with Crippen LogP contribution in [0.25, 0.3) is 50.4 Å². The highest BCUT2D eigenvalue weighted by atomic mass is 16.5. The minimum atomic E-state index is -1.22. The molecule has 8 bridgehead atoms. The van der Waals surface area contributed by atoms with Crippen LogP contribution < -0.4 is 0 Å². The predicted molar refractivity (Wildman–Crippen MR) is 172 cm³/mol. The Kier molecular flexibility index (Phi) is 7.01. The first-order valence-corrected chi connectivity index (χ1v) is 14.5. The van der Waals surface area contributed by atoms with E-state index in [1.165, 1.54) is 13.2 Å². The maximum Gasteiger partial charge on any atom is 0.328 e. The molecule has 0 aromatic carbocycles. The second-order valence-electron chi connectivity index (χ2n) is 11.3. The summed E-state index contributed by atoms with van der Waals surface area (Å²) in [6.45, 7) is 14.0. The van der Waals surface area contributed by atoms with Crippen molar-refractivity contribution in [2.75, 3.05) is 7.11 Å². The summed E-state index contributed by atoms with van der Waals surface area (Å²) in [4.78, 5) is 41.9. The van der Waals surface area contributed by atoms with Crippen molar-refractivity contribution in [2.24, 2.45) is 0 Å². The smallest absolute Gasteiger partial charge is 0.328 e. The quantitative estimate of drug-likeness (QED) is 0.203. The first kappa shape index (κ1) is 29.1. The third-order valence-electron chi connectivity index (χ3n) is 9.06. The summed E-state index contributed by atoms with van der Waals surface area (Å²) in [5.41, 5.74) is 12.8. The molecule has 3 aromatic rings. The number of carbonyl (C=O) groups excluding carboxylic acids is 1. The second kappa shape index (κ2) is 10.6. The molecule has 3 aliphatic rings. The fourth-order valence-corrected chi connectivity index (χ4v) is 6.67. The standard InChI is InChI=1S/C35H34N4O5/c1-8-19-15(3)22-12-24-17(5)21(10-11-28(40)41)32(38-24)30-31(35(43)44-7)34(42)29-18(6)25(39-33(29)30)14-27-20(9-2)16(4)23(37-27)13-26(19)36-22/h8,10-14,31,34,36-37,42H,1,9H2,2-7H3,(H,40,41)/b11-10-,22-12?,23-13?,24-12?,25-14?,26-13?,27-14?,32-30?/t31-,34?/m1/s1. The van der Waals surface area contributed by atoms with Crippen LogP contribution in [0.5, 0.6) is 0 Å². The van der Waals surface area contributed by atoms with E-state index in [1.807, 2.05) is 39.0 Å². The van der Waals surface area contributed by atoms with Crippen molar-refractivity contribution in [3.8, 4) is 0 Å². The molecule has 4 N–H and O–H groups in total. The molecule has 0 spiro atoms. The van der Waals surface area contributed by atoms with Gasteiger partial charge in [0, 0.05) is 50.4 Å².